The topological polar surface area (TPSA) is 39.1 Å². The van der Waals surface area contributed by atoms with Crippen molar-refractivity contribution in [2.45, 2.75) is 0 Å². The lowest BCUT2D eigenvalue weighted by atomic mass is 10.2. The normalized spacial score (nSPS) is 15.3. The standard InChI is InChI=1S/C11H13N3.ClH/c12-9-10-1-3-11(4-2-10)14-7-5-13-6-8-14;/h1-4,13H,5-8H2;1H. The van der Waals surface area contributed by atoms with Crippen molar-refractivity contribution < 1.29 is 0 Å². The van der Waals surface area contributed by atoms with Crippen molar-refractivity contribution in [2.24, 2.45) is 0 Å². The number of anilines is 1. The smallest absolute Gasteiger partial charge is 0.0991 e. The van der Waals surface area contributed by atoms with Gasteiger partial charge in [-0.25, -0.2) is 0 Å². The molecule has 0 spiro atoms. The summed E-state index contributed by atoms with van der Waals surface area (Å²) in [5, 5.41) is 12.0. The first-order valence-corrected chi connectivity index (χ1v) is 4.86. The Labute approximate surface area is 96.1 Å². The van der Waals surface area contributed by atoms with Gasteiger partial charge in [-0.05, 0) is 24.3 Å². The molecular formula is C11H14ClN3. The Morgan fingerprint density at radius 3 is 2.27 bits per heavy atom. The van der Waals surface area contributed by atoms with E-state index in [-0.39, 0.29) is 12.4 Å². The monoisotopic (exact) mass is 223 g/mol. The van der Waals surface area contributed by atoms with Gasteiger partial charge in [-0.2, -0.15) is 5.26 Å². The van der Waals surface area contributed by atoms with Gasteiger partial charge in [-0.1, -0.05) is 0 Å². The highest BCUT2D eigenvalue weighted by Crippen LogP contribution is 2.15. The second kappa shape index (κ2) is 5.59. The number of benzene rings is 1. The van der Waals surface area contributed by atoms with Gasteiger partial charge in [-0.3, -0.25) is 0 Å². The van der Waals surface area contributed by atoms with E-state index in [1.165, 1.54) is 5.69 Å². The van der Waals surface area contributed by atoms with Crippen molar-refractivity contribution in [2.75, 3.05) is 31.1 Å². The molecule has 2 rings (SSSR count). The van der Waals surface area contributed by atoms with Crippen molar-refractivity contribution in [3.05, 3.63) is 29.8 Å². The minimum Gasteiger partial charge on any atom is -0.369 e. The van der Waals surface area contributed by atoms with Gasteiger partial charge in [0.2, 0.25) is 0 Å². The lowest BCUT2D eigenvalue weighted by Crippen LogP contribution is -2.43. The van der Waals surface area contributed by atoms with E-state index >= 15 is 0 Å². The Morgan fingerprint density at radius 2 is 1.73 bits per heavy atom. The molecule has 1 aromatic carbocycles. The van der Waals surface area contributed by atoms with Gasteiger partial charge in [-0.15, -0.1) is 12.4 Å². The van der Waals surface area contributed by atoms with Crippen molar-refractivity contribution in [3.63, 3.8) is 0 Å². The van der Waals surface area contributed by atoms with E-state index in [4.69, 9.17) is 5.26 Å². The summed E-state index contributed by atoms with van der Waals surface area (Å²) in [6.07, 6.45) is 0. The van der Waals surface area contributed by atoms with Gasteiger partial charge in [0, 0.05) is 31.9 Å². The molecule has 1 aromatic rings. The molecule has 0 aliphatic carbocycles. The molecule has 1 N–H and O–H groups in total. The third-order valence-corrected chi connectivity index (χ3v) is 2.48. The van der Waals surface area contributed by atoms with Crippen molar-refractivity contribution in [1.29, 1.82) is 5.26 Å². The first-order valence-electron chi connectivity index (χ1n) is 4.86. The summed E-state index contributed by atoms with van der Waals surface area (Å²) in [6.45, 7) is 4.18. The average molecular weight is 224 g/mol. The van der Waals surface area contributed by atoms with E-state index in [9.17, 15) is 0 Å². The quantitative estimate of drug-likeness (QED) is 0.782. The zero-order valence-corrected chi connectivity index (χ0v) is 9.26. The molecule has 3 nitrogen and oxygen atoms in total. The van der Waals surface area contributed by atoms with Crippen LogP contribution in [0, 0.1) is 11.3 Å². The highest BCUT2D eigenvalue weighted by atomic mass is 35.5. The van der Waals surface area contributed by atoms with Crippen LogP contribution in [0.1, 0.15) is 5.56 Å². The molecule has 0 saturated carbocycles. The fourth-order valence-corrected chi connectivity index (χ4v) is 1.67. The number of nitriles is 1. The molecule has 15 heavy (non-hydrogen) atoms. The summed E-state index contributed by atoms with van der Waals surface area (Å²) in [5.41, 5.74) is 1.94. The number of hydrogen-bond donors (Lipinski definition) is 1. The summed E-state index contributed by atoms with van der Waals surface area (Å²) in [4.78, 5) is 2.33. The van der Waals surface area contributed by atoms with E-state index in [0.29, 0.717) is 0 Å². The van der Waals surface area contributed by atoms with Crippen LogP contribution in [0.5, 0.6) is 0 Å². The molecule has 0 bridgehead atoms. The number of piperazine rings is 1. The molecule has 0 amide bonds. The van der Waals surface area contributed by atoms with Gasteiger partial charge in [0.25, 0.3) is 0 Å². The molecule has 1 saturated heterocycles. The Morgan fingerprint density at radius 1 is 1.13 bits per heavy atom. The molecule has 0 atom stereocenters. The van der Waals surface area contributed by atoms with Crippen LogP contribution in [-0.2, 0) is 0 Å². The summed E-state index contributed by atoms with van der Waals surface area (Å²) in [5.74, 6) is 0. The summed E-state index contributed by atoms with van der Waals surface area (Å²) in [7, 11) is 0. The van der Waals surface area contributed by atoms with Gasteiger partial charge in [0.05, 0.1) is 11.6 Å². The zero-order chi connectivity index (χ0) is 9.80. The minimum atomic E-state index is 0. The lowest BCUT2D eigenvalue weighted by molar-refractivity contribution is 0.589. The molecule has 1 aliphatic heterocycles. The molecule has 1 fully saturated rings. The Balaban J connectivity index is 0.00000112. The fourth-order valence-electron chi connectivity index (χ4n) is 1.67. The van der Waals surface area contributed by atoms with Crippen LogP contribution in [-0.4, -0.2) is 26.2 Å². The van der Waals surface area contributed by atoms with Crippen LogP contribution in [0.25, 0.3) is 0 Å². The van der Waals surface area contributed by atoms with E-state index in [1.807, 2.05) is 24.3 Å². The van der Waals surface area contributed by atoms with E-state index in [2.05, 4.69) is 16.3 Å². The summed E-state index contributed by atoms with van der Waals surface area (Å²) < 4.78 is 0. The van der Waals surface area contributed by atoms with Crippen LogP contribution in [0.3, 0.4) is 0 Å². The van der Waals surface area contributed by atoms with Gasteiger partial charge >= 0.3 is 0 Å². The number of rotatable bonds is 1. The van der Waals surface area contributed by atoms with Gasteiger partial charge in [0.15, 0.2) is 0 Å². The van der Waals surface area contributed by atoms with Crippen molar-refractivity contribution >= 4 is 18.1 Å². The van der Waals surface area contributed by atoms with Crippen LogP contribution in [0.15, 0.2) is 24.3 Å². The third kappa shape index (κ3) is 2.85. The SMILES string of the molecule is Cl.N#Cc1ccc(N2CCNCC2)cc1. The van der Waals surface area contributed by atoms with Crippen LogP contribution < -0.4 is 10.2 Å². The van der Waals surface area contributed by atoms with E-state index < -0.39 is 0 Å². The highest BCUT2D eigenvalue weighted by molar-refractivity contribution is 5.85. The maximum atomic E-state index is 8.67. The first-order chi connectivity index (χ1) is 6.90. The number of halogens is 1. The van der Waals surface area contributed by atoms with E-state index in [1.54, 1.807) is 0 Å². The summed E-state index contributed by atoms with van der Waals surface area (Å²) >= 11 is 0. The highest BCUT2D eigenvalue weighted by Gasteiger charge is 2.09. The Bertz CT molecular complexity index is 336. The molecule has 80 valence electrons. The second-order valence-electron chi connectivity index (χ2n) is 3.40. The number of nitrogens with zero attached hydrogens (tertiary/aromatic N) is 2. The zero-order valence-electron chi connectivity index (χ0n) is 8.44. The predicted octanol–water partition coefficient (Wildman–Crippen LogP) is 1.39. The molecule has 0 radical (unpaired) electrons. The maximum absolute atomic E-state index is 8.67. The fraction of sp³-hybridized carbons (Fsp3) is 0.364. The van der Waals surface area contributed by atoms with Crippen LogP contribution >= 0.6 is 12.4 Å². The van der Waals surface area contributed by atoms with Crippen molar-refractivity contribution in [3.8, 4) is 6.07 Å². The molecule has 1 aliphatic rings. The van der Waals surface area contributed by atoms with Gasteiger partial charge in [0.1, 0.15) is 0 Å². The van der Waals surface area contributed by atoms with Crippen molar-refractivity contribution in [1.82, 2.24) is 5.32 Å². The first kappa shape index (κ1) is 11.8. The van der Waals surface area contributed by atoms with E-state index in [0.717, 1.165) is 31.7 Å². The third-order valence-electron chi connectivity index (χ3n) is 2.48. The molecular weight excluding hydrogens is 210 g/mol. The van der Waals surface area contributed by atoms with Crippen LogP contribution in [0.2, 0.25) is 0 Å². The number of nitrogens with one attached hydrogen (secondary N) is 1. The Kier molecular flexibility index (Phi) is 4.41. The van der Waals surface area contributed by atoms with Crippen LogP contribution in [0.4, 0.5) is 5.69 Å². The lowest BCUT2D eigenvalue weighted by Gasteiger charge is -2.29. The maximum Gasteiger partial charge on any atom is 0.0991 e. The average Bonchev–Trinajstić information content (AvgIpc) is 2.30. The Hall–Kier alpha value is -1.24. The summed E-state index contributed by atoms with van der Waals surface area (Å²) in [6, 6.07) is 9.91. The molecule has 1 heterocycles. The minimum absolute atomic E-state index is 0. The van der Waals surface area contributed by atoms with Gasteiger partial charge < -0.3 is 10.2 Å². The molecule has 0 aromatic heterocycles. The number of hydrogen-bond acceptors (Lipinski definition) is 3. The molecule has 4 heteroatoms. The molecule has 0 unspecified atom stereocenters. The second-order valence-corrected chi connectivity index (χ2v) is 3.40. The predicted molar refractivity (Wildman–Crippen MR) is 63.5 cm³/mol. The largest absolute Gasteiger partial charge is 0.369 e.